The highest BCUT2D eigenvalue weighted by Crippen LogP contribution is 2.41. The molecule has 0 bridgehead atoms. The van der Waals surface area contributed by atoms with E-state index >= 15 is 0 Å². The quantitative estimate of drug-likeness (QED) is 0.571. The van der Waals surface area contributed by atoms with Gasteiger partial charge in [0.2, 0.25) is 12.5 Å². The number of rotatable bonds is 8. The summed E-state index contributed by atoms with van der Waals surface area (Å²) in [5, 5.41) is 5.72. The van der Waals surface area contributed by atoms with Crippen molar-refractivity contribution in [1.29, 1.82) is 0 Å². The van der Waals surface area contributed by atoms with E-state index in [0.29, 0.717) is 47.3 Å². The number of methoxy groups -OCH3 is 3. The van der Waals surface area contributed by atoms with Gasteiger partial charge >= 0.3 is 0 Å². The summed E-state index contributed by atoms with van der Waals surface area (Å²) in [4.78, 5) is 17.1. The number of hydrogen-bond acceptors (Lipinski definition) is 8. The van der Waals surface area contributed by atoms with Crippen molar-refractivity contribution in [2.24, 2.45) is 0 Å². The van der Waals surface area contributed by atoms with Crippen LogP contribution in [-0.4, -0.2) is 45.6 Å². The first kappa shape index (κ1) is 20.8. The van der Waals surface area contributed by atoms with Crippen LogP contribution < -0.4 is 29.0 Å². The van der Waals surface area contributed by atoms with Crippen LogP contribution in [0.2, 0.25) is 0 Å². The number of ether oxygens (including phenoxy) is 5. The van der Waals surface area contributed by atoms with Gasteiger partial charge in [-0.2, -0.15) is 0 Å². The van der Waals surface area contributed by atoms with Crippen LogP contribution in [0.4, 0.5) is 0 Å². The highest BCUT2D eigenvalue weighted by Gasteiger charge is 2.17. The number of amides is 1. The summed E-state index contributed by atoms with van der Waals surface area (Å²) in [5.74, 6) is 2.75. The highest BCUT2D eigenvalue weighted by atomic mass is 32.1. The summed E-state index contributed by atoms with van der Waals surface area (Å²) >= 11 is 1.52. The fraction of sp³-hybridized carbons (Fsp3) is 0.273. The summed E-state index contributed by atoms with van der Waals surface area (Å²) in [7, 11) is 4.73. The topological polar surface area (TPSA) is 88.1 Å². The van der Waals surface area contributed by atoms with Gasteiger partial charge in [0.05, 0.1) is 27.0 Å². The Balaban J connectivity index is 1.40. The Morgan fingerprint density at radius 1 is 1.06 bits per heavy atom. The first-order chi connectivity index (χ1) is 15.1. The molecule has 1 amide bonds. The molecular formula is C22H22N2O6S. The smallest absolute Gasteiger partial charge is 0.251 e. The van der Waals surface area contributed by atoms with Crippen molar-refractivity contribution in [3.05, 3.63) is 47.0 Å². The Labute approximate surface area is 183 Å². The normalized spacial score (nSPS) is 11.8. The van der Waals surface area contributed by atoms with E-state index in [2.05, 4.69) is 10.3 Å². The van der Waals surface area contributed by atoms with Gasteiger partial charge in [-0.3, -0.25) is 4.79 Å². The Hall–Kier alpha value is -3.46. The van der Waals surface area contributed by atoms with Crippen LogP contribution in [0.25, 0.3) is 10.6 Å². The van der Waals surface area contributed by atoms with Crippen molar-refractivity contribution in [2.45, 2.75) is 6.42 Å². The summed E-state index contributed by atoms with van der Waals surface area (Å²) in [6.07, 6.45) is 0.608. The van der Waals surface area contributed by atoms with E-state index in [9.17, 15) is 4.79 Å². The van der Waals surface area contributed by atoms with E-state index in [1.165, 1.54) is 11.3 Å². The maximum Gasteiger partial charge on any atom is 0.251 e. The number of hydrogen-bond donors (Lipinski definition) is 1. The van der Waals surface area contributed by atoms with E-state index in [4.69, 9.17) is 23.7 Å². The second kappa shape index (κ2) is 9.13. The number of carbonyl (C=O) groups excluding carboxylic acids is 1. The van der Waals surface area contributed by atoms with Gasteiger partial charge in [0.15, 0.2) is 23.0 Å². The molecule has 162 valence electrons. The molecule has 1 aliphatic rings. The Morgan fingerprint density at radius 2 is 1.81 bits per heavy atom. The molecule has 0 fully saturated rings. The van der Waals surface area contributed by atoms with Crippen molar-refractivity contribution in [2.75, 3.05) is 34.7 Å². The van der Waals surface area contributed by atoms with Gasteiger partial charge < -0.3 is 29.0 Å². The number of carbonyl (C=O) groups is 1. The van der Waals surface area contributed by atoms with Gasteiger partial charge in [-0.05, 0) is 30.3 Å². The first-order valence-electron chi connectivity index (χ1n) is 9.55. The molecule has 0 spiro atoms. The van der Waals surface area contributed by atoms with E-state index in [1.54, 1.807) is 39.5 Å². The van der Waals surface area contributed by atoms with Crippen LogP contribution in [0.5, 0.6) is 28.7 Å². The minimum Gasteiger partial charge on any atom is -0.493 e. The standard InChI is InChI=1S/C22H22N2O6S/c1-26-18-9-14(10-19(27-2)20(18)28-3)22-24-15(11-31-22)6-7-23-21(25)13-4-5-16-17(8-13)30-12-29-16/h4-5,8-11H,6-7,12H2,1-3H3,(H,23,25). The summed E-state index contributed by atoms with van der Waals surface area (Å²) in [6, 6.07) is 8.87. The van der Waals surface area contributed by atoms with Gasteiger partial charge in [0.1, 0.15) is 5.01 Å². The van der Waals surface area contributed by atoms with Crippen LogP contribution in [0, 0.1) is 0 Å². The molecule has 0 saturated carbocycles. The van der Waals surface area contributed by atoms with E-state index in [1.807, 2.05) is 17.5 Å². The molecule has 3 aromatic rings. The highest BCUT2D eigenvalue weighted by molar-refractivity contribution is 7.13. The molecule has 8 nitrogen and oxygen atoms in total. The van der Waals surface area contributed by atoms with Crippen LogP contribution in [0.1, 0.15) is 16.1 Å². The third kappa shape index (κ3) is 4.36. The molecule has 0 radical (unpaired) electrons. The van der Waals surface area contributed by atoms with Crippen LogP contribution in [0.15, 0.2) is 35.7 Å². The fourth-order valence-electron chi connectivity index (χ4n) is 3.20. The summed E-state index contributed by atoms with van der Waals surface area (Å²) < 4.78 is 26.8. The summed E-state index contributed by atoms with van der Waals surface area (Å²) in [6.45, 7) is 0.643. The van der Waals surface area contributed by atoms with Crippen molar-refractivity contribution in [3.8, 4) is 39.3 Å². The van der Waals surface area contributed by atoms with Gasteiger partial charge in [0.25, 0.3) is 5.91 Å². The number of fused-ring (bicyclic) bond motifs is 1. The Kier molecular flexibility index (Phi) is 6.13. The largest absolute Gasteiger partial charge is 0.493 e. The number of nitrogens with zero attached hydrogens (tertiary/aromatic N) is 1. The molecule has 0 saturated heterocycles. The van der Waals surface area contributed by atoms with Gasteiger partial charge in [-0.1, -0.05) is 0 Å². The van der Waals surface area contributed by atoms with Crippen LogP contribution in [0.3, 0.4) is 0 Å². The zero-order chi connectivity index (χ0) is 21.8. The molecular weight excluding hydrogens is 420 g/mol. The van der Waals surface area contributed by atoms with Gasteiger partial charge in [0, 0.05) is 29.5 Å². The monoisotopic (exact) mass is 442 g/mol. The maximum absolute atomic E-state index is 12.4. The molecule has 31 heavy (non-hydrogen) atoms. The fourth-order valence-corrected chi connectivity index (χ4v) is 4.05. The molecule has 0 aliphatic carbocycles. The lowest BCUT2D eigenvalue weighted by Crippen LogP contribution is -2.25. The molecule has 1 N–H and O–H groups in total. The molecule has 0 atom stereocenters. The van der Waals surface area contributed by atoms with Crippen molar-refractivity contribution in [1.82, 2.24) is 10.3 Å². The molecule has 9 heteroatoms. The summed E-state index contributed by atoms with van der Waals surface area (Å²) in [5.41, 5.74) is 2.29. The zero-order valence-corrected chi connectivity index (χ0v) is 18.2. The first-order valence-corrected chi connectivity index (χ1v) is 10.4. The number of thiazole rings is 1. The van der Waals surface area contributed by atoms with Gasteiger partial charge in [-0.15, -0.1) is 11.3 Å². The lowest BCUT2D eigenvalue weighted by molar-refractivity contribution is 0.0953. The average Bonchev–Trinajstić information content (AvgIpc) is 3.47. The number of nitrogens with one attached hydrogen (secondary N) is 1. The minimum atomic E-state index is -0.168. The molecule has 2 aromatic carbocycles. The van der Waals surface area contributed by atoms with Crippen molar-refractivity contribution >= 4 is 17.2 Å². The molecule has 1 aliphatic heterocycles. The lowest BCUT2D eigenvalue weighted by Gasteiger charge is -2.13. The molecule has 4 rings (SSSR count). The predicted molar refractivity (Wildman–Crippen MR) is 116 cm³/mol. The average molecular weight is 442 g/mol. The van der Waals surface area contributed by atoms with Gasteiger partial charge in [-0.25, -0.2) is 4.98 Å². The SMILES string of the molecule is COc1cc(-c2nc(CCNC(=O)c3ccc4c(c3)OCO4)cs2)cc(OC)c1OC. The minimum absolute atomic E-state index is 0.168. The van der Waals surface area contributed by atoms with E-state index in [0.717, 1.165) is 16.3 Å². The van der Waals surface area contributed by atoms with Crippen LogP contribution in [-0.2, 0) is 6.42 Å². The molecule has 1 aromatic heterocycles. The molecule has 2 heterocycles. The second-order valence-corrected chi connectivity index (χ2v) is 7.49. The number of aromatic nitrogens is 1. The zero-order valence-electron chi connectivity index (χ0n) is 17.4. The maximum atomic E-state index is 12.4. The van der Waals surface area contributed by atoms with Crippen molar-refractivity contribution < 1.29 is 28.5 Å². The predicted octanol–water partition coefficient (Wildman–Crippen LogP) is 3.54. The van der Waals surface area contributed by atoms with E-state index in [-0.39, 0.29) is 12.7 Å². The Morgan fingerprint density at radius 3 is 2.52 bits per heavy atom. The third-order valence-corrected chi connectivity index (χ3v) is 5.71. The van der Waals surface area contributed by atoms with Crippen molar-refractivity contribution in [3.63, 3.8) is 0 Å². The lowest BCUT2D eigenvalue weighted by atomic mass is 10.2. The Bertz CT molecular complexity index is 1070. The van der Waals surface area contributed by atoms with Crippen LogP contribution >= 0.6 is 11.3 Å². The number of benzene rings is 2. The molecule has 0 unspecified atom stereocenters. The second-order valence-electron chi connectivity index (χ2n) is 6.63. The third-order valence-electron chi connectivity index (χ3n) is 4.76. The van der Waals surface area contributed by atoms with E-state index < -0.39 is 0 Å².